The number of esters is 2. The first-order valence-corrected chi connectivity index (χ1v) is 10.8. The second kappa shape index (κ2) is 11.7. The normalized spacial score (nSPS) is 14.3. The molecule has 0 saturated carbocycles. The molecule has 0 atom stereocenters. The van der Waals surface area contributed by atoms with Gasteiger partial charge in [-0.2, -0.15) is 0 Å². The SMILES string of the molecule is CC1=C(C(=O)OCCCCl)C(c2cccc([N+](=O)[O-])c2)C(C(=O)OCCCCl)=C(C)N1. The maximum atomic E-state index is 12.9. The van der Waals surface area contributed by atoms with Gasteiger partial charge in [0, 0.05) is 35.3 Å². The Labute approximate surface area is 190 Å². The summed E-state index contributed by atoms with van der Waals surface area (Å²) in [5.41, 5.74) is 1.60. The summed E-state index contributed by atoms with van der Waals surface area (Å²) in [5, 5.41) is 14.3. The molecule has 10 heteroatoms. The van der Waals surface area contributed by atoms with E-state index >= 15 is 0 Å². The van der Waals surface area contributed by atoms with Crippen molar-refractivity contribution in [3.05, 3.63) is 62.5 Å². The van der Waals surface area contributed by atoms with Crippen LogP contribution >= 0.6 is 23.2 Å². The third kappa shape index (κ3) is 6.21. The Morgan fingerprint density at radius 3 is 2.00 bits per heavy atom. The minimum Gasteiger partial charge on any atom is -0.462 e. The van der Waals surface area contributed by atoms with Crippen LogP contribution in [0.2, 0.25) is 0 Å². The molecule has 0 radical (unpaired) electrons. The molecule has 1 N–H and O–H groups in total. The number of carbonyl (C=O) groups is 2. The molecule has 0 fully saturated rings. The van der Waals surface area contributed by atoms with Crippen molar-refractivity contribution in [2.24, 2.45) is 0 Å². The molecule has 31 heavy (non-hydrogen) atoms. The van der Waals surface area contributed by atoms with E-state index in [1.807, 2.05) is 0 Å². The van der Waals surface area contributed by atoms with Gasteiger partial charge in [0.25, 0.3) is 5.69 Å². The molecule has 0 amide bonds. The lowest BCUT2D eigenvalue weighted by Crippen LogP contribution is -2.32. The predicted molar refractivity (Wildman–Crippen MR) is 117 cm³/mol. The fraction of sp³-hybridized carbons (Fsp3) is 0.429. The number of nitrogens with zero attached hydrogens (tertiary/aromatic N) is 1. The summed E-state index contributed by atoms with van der Waals surface area (Å²) in [6.45, 7) is 3.58. The number of non-ortho nitro benzene ring substituents is 1. The molecule has 8 nitrogen and oxygen atoms in total. The Kier molecular flexibility index (Phi) is 9.33. The van der Waals surface area contributed by atoms with Crippen LogP contribution in [0.3, 0.4) is 0 Å². The van der Waals surface area contributed by atoms with Gasteiger partial charge in [0.15, 0.2) is 0 Å². The maximum Gasteiger partial charge on any atom is 0.336 e. The largest absolute Gasteiger partial charge is 0.462 e. The average molecular weight is 471 g/mol. The van der Waals surface area contributed by atoms with Crippen molar-refractivity contribution in [1.82, 2.24) is 5.32 Å². The van der Waals surface area contributed by atoms with Crippen LogP contribution in [0.1, 0.15) is 38.2 Å². The van der Waals surface area contributed by atoms with E-state index in [0.717, 1.165) is 0 Å². The van der Waals surface area contributed by atoms with Gasteiger partial charge in [0.05, 0.1) is 35.2 Å². The van der Waals surface area contributed by atoms with Gasteiger partial charge in [-0.05, 0) is 32.3 Å². The van der Waals surface area contributed by atoms with Crippen LogP contribution in [-0.2, 0) is 19.1 Å². The van der Waals surface area contributed by atoms with Crippen molar-refractivity contribution in [3.63, 3.8) is 0 Å². The number of benzene rings is 1. The lowest BCUT2D eigenvalue weighted by molar-refractivity contribution is -0.384. The number of carbonyl (C=O) groups excluding carboxylic acids is 2. The molecule has 1 heterocycles. The quantitative estimate of drug-likeness (QED) is 0.179. The van der Waals surface area contributed by atoms with Gasteiger partial charge in [-0.25, -0.2) is 9.59 Å². The van der Waals surface area contributed by atoms with Gasteiger partial charge in [-0.3, -0.25) is 10.1 Å². The number of alkyl halides is 2. The minimum atomic E-state index is -0.895. The molecule has 0 saturated heterocycles. The molecule has 2 rings (SSSR count). The van der Waals surface area contributed by atoms with Gasteiger partial charge in [0.1, 0.15) is 0 Å². The highest BCUT2D eigenvalue weighted by Crippen LogP contribution is 2.40. The summed E-state index contributed by atoms with van der Waals surface area (Å²) in [6.07, 6.45) is 0.938. The third-order valence-electron chi connectivity index (χ3n) is 4.64. The van der Waals surface area contributed by atoms with Gasteiger partial charge in [0.2, 0.25) is 0 Å². The zero-order chi connectivity index (χ0) is 23.0. The fourth-order valence-corrected chi connectivity index (χ4v) is 3.50. The number of halogens is 2. The average Bonchev–Trinajstić information content (AvgIpc) is 2.73. The molecular weight excluding hydrogens is 447 g/mol. The number of rotatable bonds is 10. The number of allylic oxidation sites excluding steroid dienone is 2. The maximum absolute atomic E-state index is 12.9. The molecule has 1 aliphatic rings. The first-order chi connectivity index (χ1) is 14.8. The number of dihydropyridines is 1. The van der Waals surface area contributed by atoms with E-state index in [-0.39, 0.29) is 30.0 Å². The Hall–Kier alpha value is -2.58. The Balaban J connectivity index is 2.54. The van der Waals surface area contributed by atoms with Crippen LogP contribution in [0.5, 0.6) is 0 Å². The summed E-state index contributed by atoms with van der Waals surface area (Å²) in [5.74, 6) is -1.51. The summed E-state index contributed by atoms with van der Waals surface area (Å²) in [7, 11) is 0. The Morgan fingerprint density at radius 2 is 1.55 bits per heavy atom. The second-order valence-electron chi connectivity index (χ2n) is 6.84. The summed E-state index contributed by atoms with van der Waals surface area (Å²) in [4.78, 5) is 36.6. The number of hydrogen-bond acceptors (Lipinski definition) is 7. The van der Waals surface area contributed by atoms with Crippen molar-refractivity contribution < 1.29 is 24.0 Å². The highest BCUT2D eigenvalue weighted by molar-refractivity contribution is 6.18. The Bertz CT molecular complexity index is 869. The molecule has 1 aromatic carbocycles. The van der Waals surface area contributed by atoms with Crippen LogP contribution in [0.15, 0.2) is 46.8 Å². The monoisotopic (exact) mass is 470 g/mol. The molecule has 168 valence electrons. The van der Waals surface area contributed by atoms with Crippen molar-refractivity contribution in [1.29, 1.82) is 0 Å². The van der Waals surface area contributed by atoms with Crippen LogP contribution in [0.4, 0.5) is 5.69 Å². The van der Waals surface area contributed by atoms with E-state index in [0.29, 0.717) is 41.6 Å². The van der Waals surface area contributed by atoms with Crippen molar-refractivity contribution in [2.75, 3.05) is 25.0 Å². The van der Waals surface area contributed by atoms with Crippen LogP contribution < -0.4 is 5.32 Å². The molecule has 1 aromatic rings. The van der Waals surface area contributed by atoms with Gasteiger partial charge in [-0.15, -0.1) is 23.2 Å². The number of hydrogen-bond donors (Lipinski definition) is 1. The van der Waals surface area contributed by atoms with Crippen molar-refractivity contribution in [3.8, 4) is 0 Å². The molecule has 0 spiro atoms. The minimum absolute atomic E-state index is 0.110. The first kappa shape index (κ1) is 24.7. The fourth-order valence-electron chi connectivity index (χ4n) is 3.28. The number of ether oxygens (including phenoxy) is 2. The van der Waals surface area contributed by atoms with E-state index in [9.17, 15) is 19.7 Å². The van der Waals surface area contributed by atoms with Crippen LogP contribution in [0.25, 0.3) is 0 Å². The van der Waals surface area contributed by atoms with Gasteiger partial charge < -0.3 is 14.8 Å². The van der Waals surface area contributed by atoms with E-state index in [2.05, 4.69) is 5.32 Å². The standard InChI is InChI=1S/C21H24Cl2N2O6/c1-13-17(20(26)30-10-4-8-22)19(15-6-3-7-16(12-15)25(28)29)18(14(2)24-13)21(27)31-11-5-9-23/h3,6-7,12,19,24H,4-5,8-11H2,1-2H3. The van der Waals surface area contributed by atoms with Crippen LogP contribution in [0, 0.1) is 10.1 Å². The van der Waals surface area contributed by atoms with E-state index in [4.69, 9.17) is 32.7 Å². The van der Waals surface area contributed by atoms with E-state index in [1.165, 1.54) is 18.2 Å². The van der Waals surface area contributed by atoms with Gasteiger partial charge >= 0.3 is 11.9 Å². The lowest BCUT2D eigenvalue weighted by Gasteiger charge is -2.30. The smallest absolute Gasteiger partial charge is 0.336 e. The summed E-state index contributed by atoms with van der Waals surface area (Å²) < 4.78 is 10.7. The summed E-state index contributed by atoms with van der Waals surface area (Å²) in [6, 6.07) is 5.82. The molecule has 0 bridgehead atoms. The Morgan fingerprint density at radius 1 is 1.03 bits per heavy atom. The molecule has 0 aliphatic carbocycles. The highest BCUT2D eigenvalue weighted by Gasteiger charge is 2.38. The van der Waals surface area contributed by atoms with Crippen molar-refractivity contribution >= 4 is 40.8 Å². The van der Waals surface area contributed by atoms with Crippen molar-refractivity contribution in [2.45, 2.75) is 32.6 Å². The van der Waals surface area contributed by atoms with Crippen LogP contribution in [-0.4, -0.2) is 41.8 Å². The highest BCUT2D eigenvalue weighted by atomic mass is 35.5. The lowest BCUT2D eigenvalue weighted by atomic mass is 9.80. The third-order valence-corrected chi connectivity index (χ3v) is 5.17. The van der Waals surface area contributed by atoms with E-state index < -0.39 is 22.8 Å². The molecule has 0 aromatic heterocycles. The second-order valence-corrected chi connectivity index (χ2v) is 7.60. The predicted octanol–water partition coefficient (Wildman–Crippen LogP) is 4.17. The van der Waals surface area contributed by atoms with Gasteiger partial charge in [-0.1, -0.05) is 12.1 Å². The number of nitro groups is 1. The first-order valence-electron chi connectivity index (χ1n) is 9.70. The number of nitro benzene ring substituents is 1. The number of nitrogens with one attached hydrogen (secondary N) is 1. The van der Waals surface area contributed by atoms with E-state index in [1.54, 1.807) is 19.9 Å². The topological polar surface area (TPSA) is 108 Å². The molecule has 1 aliphatic heterocycles. The summed E-state index contributed by atoms with van der Waals surface area (Å²) >= 11 is 11.3. The zero-order valence-corrected chi connectivity index (χ0v) is 18.8. The molecular formula is C21H24Cl2N2O6. The molecule has 0 unspecified atom stereocenters. The zero-order valence-electron chi connectivity index (χ0n) is 17.3.